The number of nitrogens with two attached hydrogens (primary N) is 1. The van der Waals surface area contributed by atoms with Gasteiger partial charge in [-0.15, -0.1) is 12.4 Å². The predicted octanol–water partition coefficient (Wildman–Crippen LogP) is 3.11. The van der Waals surface area contributed by atoms with Gasteiger partial charge in [0.1, 0.15) is 0 Å². The van der Waals surface area contributed by atoms with Crippen LogP contribution >= 0.6 is 12.4 Å². The Morgan fingerprint density at radius 3 is 2.58 bits per heavy atom. The molecule has 0 bridgehead atoms. The van der Waals surface area contributed by atoms with Gasteiger partial charge in [0.2, 0.25) is 5.91 Å². The summed E-state index contributed by atoms with van der Waals surface area (Å²) in [5, 5.41) is 0. The molecule has 1 heterocycles. The number of rotatable bonds is 3. The highest BCUT2D eigenvalue weighted by Gasteiger charge is 2.30. The summed E-state index contributed by atoms with van der Waals surface area (Å²) in [4.78, 5) is 14.7. The van der Waals surface area contributed by atoms with Crippen molar-refractivity contribution in [2.75, 3.05) is 6.54 Å². The van der Waals surface area contributed by atoms with Crippen molar-refractivity contribution in [2.45, 2.75) is 76.8 Å². The second kappa shape index (κ2) is 8.11. The number of nitrogens with zero attached hydrogens (tertiary/aromatic N) is 1. The van der Waals surface area contributed by atoms with Crippen molar-refractivity contribution in [3.8, 4) is 0 Å². The molecule has 4 heteroatoms. The molecule has 1 aliphatic heterocycles. The van der Waals surface area contributed by atoms with Crippen molar-refractivity contribution >= 4 is 18.3 Å². The summed E-state index contributed by atoms with van der Waals surface area (Å²) >= 11 is 0. The van der Waals surface area contributed by atoms with E-state index in [-0.39, 0.29) is 18.4 Å². The Morgan fingerprint density at radius 1 is 1.16 bits per heavy atom. The first kappa shape index (κ1) is 16.8. The standard InChI is InChI=1S/C15H28N2O.ClH/c1-2-13-8-4-3-5-10-17(13)15(18)11-12-7-6-9-14(12)16;/h12-14H,2-11,16H2,1H3;1H/t12-,13?,14+;/m0./s1. The number of carbonyl (C=O) groups is 1. The van der Waals surface area contributed by atoms with Gasteiger partial charge in [-0.2, -0.15) is 0 Å². The maximum atomic E-state index is 12.5. The number of halogens is 1. The summed E-state index contributed by atoms with van der Waals surface area (Å²) in [6.07, 6.45) is 10.2. The van der Waals surface area contributed by atoms with E-state index in [1.165, 1.54) is 32.1 Å². The Bertz CT molecular complexity index is 285. The van der Waals surface area contributed by atoms with Crippen molar-refractivity contribution in [1.29, 1.82) is 0 Å². The van der Waals surface area contributed by atoms with Crippen LogP contribution < -0.4 is 5.73 Å². The lowest BCUT2D eigenvalue weighted by molar-refractivity contribution is -0.134. The van der Waals surface area contributed by atoms with Gasteiger partial charge in [-0.05, 0) is 38.0 Å². The quantitative estimate of drug-likeness (QED) is 0.867. The van der Waals surface area contributed by atoms with Crippen LogP contribution in [0.15, 0.2) is 0 Å². The van der Waals surface area contributed by atoms with Crippen LogP contribution in [0, 0.1) is 5.92 Å². The van der Waals surface area contributed by atoms with E-state index in [1.807, 2.05) is 0 Å². The summed E-state index contributed by atoms with van der Waals surface area (Å²) in [6, 6.07) is 0.749. The molecule has 1 unspecified atom stereocenters. The Hall–Kier alpha value is -0.280. The molecule has 0 radical (unpaired) electrons. The number of amides is 1. The van der Waals surface area contributed by atoms with Crippen molar-refractivity contribution in [3.05, 3.63) is 0 Å². The van der Waals surface area contributed by atoms with E-state index >= 15 is 0 Å². The second-order valence-corrected chi connectivity index (χ2v) is 6.06. The highest BCUT2D eigenvalue weighted by atomic mass is 35.5. The molecule has 2 aliphatic rings. The minimum absolute atomic E-state index is 0. The number of hydrogen-bond donors (Lipinski definition) is 1. The smallest absolute Gasteiger partial charge is 0.223 e. The zero-order valence-electron chi connectivity index (χ0n) is 12.1. The molecule has 1 amide bonds. The van der Waals surface area contributed by atoms with Crippen LogP contribution in [0.4, 0.5) is 0 Å². The topological polar surface area (TPSA) is 46.3 Å². The van der Waals surface area contributed by atoms with E-state index in [1.54, 1.807) is 0 Å². The van der Waals surface area contributed by atoms with Gasteiger partial charge in [0.15, 0.2) is 0 Å². The normalized spacial score (nSPS) is 31.7. The third-order valence-corrected chi connectivity index (χ3v) is 4.82. The largest absolute Gasteiger partial charge is 0.340 e. The average molecular weight is 289 g/mol. The molecular formula is C15H29ClN2O. The van der Waals surface area contributed by atoms with Gasteiger partial charge in [-0.25, -0.2) is 0 Å². The first-order valence-electron chi connectivity index (χ1n) is 7.77. The minimum Gasteiger partial charge on any atom is -0.340 e. The first-order valence-corrected chi connectivity index (χ1v) is 7.77. The minimum atomic E-state index is 0. The number of carbonyl (C=O) groups excluding carboxylic acids is 1. The van der Waals surface area contributed by atoms with Gasteiger partial charge in [0, 0.05) is 25.0 Å². The van der Waals surface area contributed by atoms with Crippen LogP contribution in [0.1, 0.15) is 64.7 Å². The lowest BCUT2D eigenvalue weighted by Crippen LogP contribution is -2.41. The van der Waals surface area contributed by atoms with Crippen LogP contribution in [-0.2, 0) is 4.79 Å². The second-order valence-electron chi connectivity index (χ2n) is 6.06. The fourth-order valence-electron chi connectivity index (χ4n) is 3.59. The predicted molar refractivity (Wildman–Crippen MR) is 81.4 cm³/mol. The fraction of sp³-hybridized carbons (Fsp3) is 0.933. The molecular weight excluding hydrogens is 260 g/mol. The molecule has 0 spiro atoms. The molecule has 3 nitrogen and oxygen atoms in total. The van der Waals surface area contributed by atoms with E-state index < -0.39 is 0 Å². The summed E-state index contributed by atoms with van der Waals surface area (Å²) in [5.74, 6) is 0.810. The van der Waals surface area contributed by atoms with Gasteiger partial charge in [0.05, 0.1) is 0 Å². The van der Waals surface area contributed by atoms with Crippen LogP contribution in [0.25, 0.3) is 0 Å². The first-order chi connectivity index (χ1) is 8.72. The van der Waals surface area contributed by atoms with Gasteiger partial charge >= 0.3 is 0 Å². The Labute approximate surface area is 123 Å². The summed E-state index contributed by atoms with van der Waals surface area (Å²) in [6.45, 7) is 3.18. The molecule has 19 heavy (non-hydrogen) atoms. The molecule has 1 saturated heterocycles. The average Bonchev–Trinajstić information content (AvgIpc) is 2.66. The molecule has 0 aromatic rings. The van der Waals surface area contributed by atoms with Crippen LogP contribution in [0.5, 0.6) is 0 Å². The number of hydrogen-bond acceptors (Lipinski definition) is 2. The van der Waals surface area contributed by atoms with Crippen molar-refractivity contribution in [2.24, 2.45) is 11.7 Å². The van der Waals surface area contributed by atoms with Crippen LogP contribution in [0.3, 0.4) is 0 Å². The van der Waals surface area contributed by atoms with Crippen LogP contribution in [0.2, 0.25) is 0 Å². The van der Waals surface area contributed by atoms with E-state index in [2.05, 4.69) is 11.8 Å². The van der Waals surface area contributed by atoms with E-state index in [9.17, 15) is 4.79 Å². The van der Waals surface area contributed by atoms with Crippen molar-refractivity contribution in [3.63, 3.8) is 0 Å². The summed E-state index contributed by atoms with van der Waals surface area (Å²) < 4.78 is 0. The molecule has 3 atom stereocenters. The molecule has 112 valence electrons. The Kier molecular flexibility index (Phi) is 7.16. The summed E-state index contributed by atoms with van der Waals surface area (Å²) in [7, 11) is 0. The summed E-state index contributed by atoms with van der Waals surface area (Å²) in [5.41, 5.74) is 6.08. The highest BCUT2D eigenvalue weighted by Crippen LogP contribution is 2.29. The lowest BCUT2D eigenvalue weighted by Gasteiger charge is -2.31. The Morgan fingerprint density at radius 2 is 1.95 bits per heavy atom. The van der Waals surface area contributed by atoms with Gasteiger partial charge in [-0.3, -0.25) is 4.79 Å². The molecule has 1 saturated carbocycles. The molecule has 2 rings (SSSR count). The van der Waals surface area contributed by atoms with Crippen molar-refractivity contribution in [1.82, 2.24) is 4.90 Å². The molecule has 2 fully saturated rings. The monoisotopic (exact) mass is 288 g/mol. The van der Waals surface area contributed by atoms with Gasteiger partial charge in [0.25, 0.3) is 0 Å². The fourth-order valence-corrected chi connectivity index (χ4v) is 3.59. The molecule has 0 aromatic carbocycles. The van der Waals surface area contributed by atoms with E-state index in [0.717, 1.165) is 25.8 Å². The maximum Gasteiger partial charge on any atom is 0.223 e. The Balaban J connectivity index is 0.00000180. The highest BCUT2D eigenvalue weighted by molar-refractivity contribution is 5.85. The van der Waals surface area contributed by atoms with E-state index in [4.69, 9.17) is 5.73 Å². The molecule has 1 aliphatic carbocycles. The lowest BCUT2D eigenvalue weighted by atomic mass is 9.98. The third kappa shape index (κ3) is 4.35. The van der Waals surface area contributed by atoms with Gasteiger partial charge < -0.3 is 10.6 Å². The maximum absolute atomic E-state index is 12.5. The van der Waals surface area contributed by atoms with E-state index in [0.29, 0.717) is 24.3 Å². The zero-order valence-corrected chi connectivity index (χ0v) is 13.0. The third-order valence-electron chi connectivity index (χ3n) is 4.82. The number of likely N-dealkylation sites (tertiary alicyclic amines) is 1. The molecule has 0 aromatic heterocycles. The zero-order chi connectivity index (χ0) is 13.0. The van der Waals surface area contributed by atoms with Crippen molar-refractivity contribution < 1.29 is 4.79 Å². The molecule has 2 N–H and O–H groups in total. The van der Waals surface area contributed by atoms with Gasteiger partial charge in [-0.1, -0.05) is 26.2 Å². The van der Waals surface area contributed by atoms with Crippen LogP contribution in [-0.4, -0.2) is 29.4 Å². The SMILES string of the molecule is CCC1CCCCCN1C(=O)C[C@@H]1CCC[C@H]1N.Cl.